The van der Waals surface area contributed by atoms with Gasteiger partial charge in [-0.2, -0.15) is 0 Å². The summed E-state index contributed by atoms with van der Waals surface area (Å²) in [5.41, 5.74) is -0.753. The molecule has 0 fully saturated rings. The number of aliphatic imine (C=N–C) groups is 1. The summed E-state index contributed by atoms with van der Waals surface area (Å²) in [4.78, 5) is 29.4. The van der Waals surface area contributed by atoms with Crippen LogP contribution in [-0.2, 0) is 14.6 Å². The molecule has 0 saturated carbocycles. The maximum Gasteiger partial charge on any atom is 0.264 e. The number of aliphatic carboxylic acids is 1. The van der Waals surface area contributed by atoms with Crippen molar-refractivity contribution in [3.8, 4) is 11.6 Å². The number of carboxylic acids is 1. The van der Waals surface area contributed by atoms with Gasteiger partial charge in [-0.3, -0.25) is 19.3 Å². The van der Waals surface area contributed by atoms with Crippen LogP contribution in [0.15, 0.2) is 34.1 Å². The molecule has 0 radical (unpaired) electrons. The molecule has 1 heterocycles. The molecule has 9 nitrogen and oxygen atoms in total. The molecule has 0 aliphatic heterocycles. The van der Waals surface area contributed by atoms with Crippen LogP contribution in [0, 0.1) is 4.77 Å². The van der Waals surface area contributed by atoms with E-state index in [1.54, 1.807) is 24.3 Å². The van der Waals surface area contributed by atoms with E-state index in [4.69, 9.17) is 23.8 Å². The van der Waals surface area contributed by atoms with E-state index in [9.17, 15) is 28.2 Å². The number of rotatable bonds is 7. The summed E-state index contributed by atoms with van der Waals surface area (Å²) in [6.45, 7) is 0. The molecule has 0 unspecified atom stereocenters. The van der Waals surface area contributed by atoms with Crippen molar-refractivity contribution in [2.24, 2.45) is 4.99 Å². The first-order valence-electron chi connectivity index (χ1n) is 7.75. The van der Waals surface area contributed by atoms with Crippen LogP contribution in [0.1, 0.15) is 12.0 Å². The van der Waals surface area contributed by atoms with E-state index in [1.165, 1.54) is 0 Å². The fourth-order valence-corrected chi connectivity index (χ4v) is 3.29. The molecule has 0 spiro atoms. The molecule has 1 aromatic heterocycles. The molecule has 0 aliphatic rings. The zero-order chi connectivity index (χ0) is 21.1. The van der Waals surface area contributed by atoms with Gasteiger partial charge in [0.05, 0.1) is 23.5 Å². The van der Waals surface area contributed by atoms with E-state index in [1.807, 2.05) is 0 Å². The second kappa shape index (κ2) is 8.67. The number of sulfone groups is 1. The lowest BCUT2D eigenvalue weighted by Crippen LogP contribution is -2.36. The van der Waals surface area contributed by atoms with Gasteiger partial charge in [-0.25, -0.2) is 8.42 Å². The fourth-order valence-electron chi connectivity index (χ4n) is 2.23. The van der Waals surface area contributed by atoms with Gasteiger partial charge in [0.25, 0.3) is 5.56 Å². The monoisotopic (exact) mass is 444 g/mol. The van der Waals surface area contributed by atoms with Crippen LogP contribution >= 0.6 is 23.8 Å². The molecule has 0 amide bonds. The molecule has 2 aromatic rings. The Balaban J connectivity index is 2.47. The van der Waals surface area contributed by atoms with Gasteiger partial charge >= 0.3 is 0 Å². The molecule has 150 valence electrons. The highest BCUT2D eigenvalue weighted by Gasteiger charge is 2.15. The smallest absolute Gasteiger partial charge is 0.264 e. The predicted molar refractivity (Wildman–Crippen MR) is 105 cm³/mol. The number of aromatic amines is 1. The van der Waals surface area contributed by atoms with E-state index < -0.39 is 39.0 Å². The van der Waals surface area contributed by atoms with Crippen LogP contribution < -0.4 is 10.7 Å². The molecule has 2 rings (SSSR count). The van der Waals surface area contributed by atoms with Crippen LogP contribution in [0.2, 0.25) is 5.02 Å². The third-order valence-electron chi connectivity index (χ3n) is 3.62. The molecule has 1 aromatic carbocycles. The van der Waals surface area contributed by atoms with E-state index in [2.05, 4.69) is 9.98 Å². The van der Waals surface area contributed by atoms with Crippen molar-refractivity contribution in [2.45, 2.75) is 12.5 Å². The second-order valence-corrected chi connectivity index (χ2v) is 8.92. The Hall–Kier alpha value is -2.50. The first-order chi connectivity index (χ1) is 13.0. The molecule has 2 N–H and O–H groups in total. The first-order valence-corrected chi connectivity index (χ1v) is 10.6. The molecular formula is C16H15ClN3O6S2-. The van der Waals surface area contributed by atoms with Gasteiger partial charge in [0.1, 0.15) is 15.4 Å². The normalized spacial score (nSPS) is 12.9. The maximum absolute atomic E-state index is 12.1. The number of nitrogens with one attached hydrogen (secondary N) is 1. The molecule has 28 heavy (non-hydrogen) atoms. The van der Waals surface area contributed by atoms with E-state index in [-0.39, 0.29) is 16.8 Å². The summed E-state index contributed by atoms with van der Waals surface area (Å²) in [6, 6.07) is 4.68. The Labute approximate surface area is 169 Å². The molecule has 1 atom stereocenters. The molecular weight excluding hydrogens is 430 g/mol. The maximum atomic E-state index is 12.1. The summed E-state index contributed by atoms with van der Waals surface area (Å²) >= 11 is 10.9. The van der Waals surface area contributed by atoms with Crippen molar-refractivity contribution in [3.05, 3.63) is 50.0 Å². The number of hydrogen-bond donors (Lipinski definition) is 2. The van der Waals surface area contributed by atoms with Gasteiger partial charge in [-0.15, -0.1) is 0 Å². The number of nitrogens with zero attached hydrogens (tertiary/aromatic N) is 2. The van der Waals surface area contributed by atoms with Crippen LogP contribution in [0.4, 0.5) is 0 Å². The number of carboxylic acid groups (broad SMARTS) is 1. The quantitative estimate of drug-likeness (QED) is 0.459. The number of aromatic nitrogens is 2. The average molecular weight is 445 g/mol. The first kappa shape index (κ1) is 21.8. The zero-order valence-corrected chi connectivity index (χ0v) is 16.8. The highest BCUT2D eigenvalue weighted by Crippen LogP contribution is 2.20. The third-order valence-corrected chi connectivity index (χ3v) is 5.14. The highest BCUT2D eigenvalue weighted by molar-refractivity contribution is 7.90. The average Bonchev–Trinajstić information content (AvgIpc) is 2.57. The van der Waals surface area contributed by atoms with Crippen molar-refractivity contribution < 1.29 is 23.4 Å². The standard InChI is InChI=1S/C16H16ClN3O6S2/c1-28(25,26)7-6-12(15(23)24)18-8-11-13(21)19-16(27)20(14(11)22)10-4-2-9(17)3-5-10/h2-5,8,12,22H,6-7H2,1H3,(H,23,24)(H,19,21,27)/p-1/t12-/m0/s1. The van der Waals surface area contributed by atoms with Crippen LogP contribution in [-0.4, -0.2) is 53.3 Å². The van der Waals surface area contributed by atoms with Gasteiger partial charge in [0.2, 0.25) is 5.88 Å². The Morgan fingerprint density at radius 2 is 2.04 bits per heavy atom. The van der Waals surface area contributed by atoms with Crippen LogP contribution in [0.25, 0.3) is 5.69 Å². The van der Waals surface area contributed by atoms with E-state index in [0.29, 0.717) is 10.7 Å². The molecule has 0 aliphatic carbocycles. The summed E-state index contributed by atoms with van der Waals surface area (Å²) < 4.78 is 23.5. The minimum atomic E-state index is -3.41. The molecule has 0 bridgehead atoms. The number of aromatic hydroxyl groups is 1. The fraction of sp³-hybridized carbons (Fsp3) is 0.250. The van der Waals surface area contributed by atoms with Gasteiger partial charge < -0.3 is 15.0 Å². The lowest BCUT2D eigenvalue weighted by Gasteiger charge is -2.14. The Morgan fingerprint density at radius 1 is 1.43 bits per heavy atom. The second-order valence-electron chi connectivity index (χ2n) is 5.84. The van der Waals surface area contributed by atoms with Crippen molar-refractivity contribution in [1.82, 2.24) is 9.55 Å². The van der Waals surface area contributed by atoms with E-state index >= 15 is 0 Å². The summed E-state index contributed by atoms with van der Waals surface area (Å²) in [5, 5.41) is 22.1. The molecule has 12 heteroatoms. The van der Waals surface area contributed by atoms with Crippen LogP contribution in [0.3, 0.4) is 0 Å². The van der Waals surface area contributed by atoms with Gasteiger partial charge in [-0.1, -0.05) is 11.6 Å². The number of hydrogen-bond acceptors (Lipinski definition) is 8. The summed E-state index contributed by atoms with van der Waals surface area (Å²) in [6.07, 6.45) is 1.46. The topological polar surface area (TPSA) is 145 Å². The number of benzene rings is 1. The van der Waals surface area contributed by atoms with Gasteiger partial charge in [-0.05, 0) is 42.9 Å². The van der Waals surface area contributed by atoms with Gasteiger partial charge in [0.15, 0.2) is 4.77 Å². The van der Waals surface area contributed by atoms with Crippen molar-refractivity contribution >= 4 is 45.8 Å². The predicted octanol–water partition coefficient (Wildman–Crippen LogP) is 0.226. The Bertz CT molecular complexity index is 1140. The molecule has 0 saturated heterocycles. The van der Waals surface area contributed by atoms with E-state index in [0.717, 1.165) is 17.0 Å². The summed E-state index contributed by atoms with van der Waals surface area (Å²) in [5.74, 6) is -2.61. The van der Waals surface area contributed by atoms with Crippen molar-refractivity contribution in [2.75, 3.05) is 12.0 Å². The number of carbonyl (C=O) groups is 1. The highest BCUT2D eigenvalue weighted by atomic mass is 35.5. The minimum Gasteiger partial charge on any atom is -0.548 e. The third kappa shape index (κ3) is 5.50. The van der Waals surface area contributed by atoms with Crippen molar-refractivity contribution in [1.29, 1.82) is 0 Å². The van der Waals surface area contributed by atoms with Crippen LogP contribution in [0.5, 0.6) is 5.88 Å². The lowest BCUT2D eigenvalue weighted by atomic mass is 10.2. The Morgan fingerprint density at radius 3 is 2.57 bits per heavy atom. The number of halogens is 1. The van der Waals surface area contributed by atoms with Gasteiger partial charge in [0, 0.05) is 17.5 Å². The summed E-state index contributed by atoms with van der Waals surface area (Å²) in [7, 11) is -3.41. The largest absolute Gasteiger partial charge is 0.548 e. The number of carbonyl (C=O) groups excluding carboxylic acids is 1. The Kier molecular flexibility index (Phi) is 6.75. The van der Waals surface area contributed by atoms with Crippen molar-refractivity contribution in [3.63, 3.8) is 0 Å². The number of H-pyrrole nitrogens is 1. The lowest BCUT2D eigenvalue weighted by molar-refractivity contribution is -0.307. The minimum absolute atomic E-state index is 0.101. The zero-order valence-electron chi connectivity index (χ0n) is 14.5. The SMILES string of the molecule is CS(=O)(=O)CC[C@H](N=Cc1c(O)n(-c2ccc(Cl)cc2)c(=S)[nH]c1=O)C(=O)[O-].